The SMILES string of the molecule is O=C(Nc1nc(-c2ccc(Cl)cc2)cs1)C1COc2ccccc2O1. The van der Waals surface area contributed by atoms with Gasteiger partial charge in [0.2, 0.25) is 6.10 Å². The third-order valence-electron chi connectivity index (χ3n) is 3.68. The van der Waals surface area contributed by atoms with Gasteiger partial charge in [-0.2, -0.15) is 0 Å². The van der Waals surface area contributed by atoms with Crippen LogP contribution < -0.4 is 14.8 Å². The number of nitrogens with zero attached hydrogens (tertiary/aromatic N) is 1. The molecule has 1 aliphatic rings. The lowest BCUT2D eigenvalue weighted by Crippen LogP contribution is -2.40. The van der Waals surface area contributed by atoms with E-state index in [-0.39, 0.29) is 12.5 Å². The number of para-hydroxylation sites is 2. The summed E-state index contributed by atoms with van der Waals surface area (Å²) in [7, 11) is 0. The molecule has 25 heavy (non-hydrogen) atoms. The molecule has 0 radical (unpaired) electrons. The molecule has 1 atom stereocenters. The van der Waals surface area contributed by atoms with Crippen molar-refractivity contribution in [1.82, 2.24) is 4.98 Å². The summed E-state index contributed by atoms with van der Waals surface area (Å²) in [5.41, 5.74) is 1.72. The Kier molecular flexibility index (Phi) is 4.29. The lowest BCUT2D eigenvalue weighted by atomic mass is 10.2. The van der Waals surface area contributed by atoms with E-state index in [1.165, 1.54) is 11.3 Å². The first kappa shape index (κ1) is 15.9. The molecule has 1 aromatic heterocycles. The van der Waals surface area contributed by atoms with E-state index < -0.39 is 6.10 Å². The lowest BCUT2D eigenvalue weighted by molar-refractivity contribution is -0.125. The summed E-state index contributed by atoms with van der Waals surface area (Å²) >= 11 is 7.25. The monoisotopic (exact) mass is 372 g/mol. The molecule has 2 heterocycles. The van der Waals surface area contributed by atoms with Gasteiger partial charge in [0.1, 0.15) is 6.61 Å². The molecule has 0 aliphatic carbocycles. The van der Waals surface area contributed by atoms with E-state index in [0.29, 0.717) is 21.7 Å². The third-order valence-corrected chi connectivity index (χ3v) is 4.69. The average molecular weight is 373 g/mol. The Morgan fingerprint density at radius 1 is 1.16 bits per heavy atom. The molecule has 0 saturated heterocycles. The number of halogens is 1. The number of anilines is 1. The van der Waals surface area contributed by atoms with Crippen LogP contribution in [0.3, 0.4) is 0 Å². The van der Waals surface area contributed by atoms with Crippen molar-refractivity contribution in [3.63, 3.8) is 0 Å². The molecule has 126 valence electrons. The molecule has 7 heteroatoms. The van der Waals surface area contributed by atoms with Gasteiger partial charge in [-0.1, -0.05) is 35.9 Å². The van der Waals surface area contributed by atoms with Gasteiger partial charge in [0.05, 0.1) is 5.69 Å². The molecule has 1 N–H and O–H groups in total. The fourth-order valence-corrected chi connectivity index (χ4v) is 3.27. The summed E-state index contributed by atoms with van der Waals surface area (Å²) in [6, 6.07) is 14.7. The van der Waals surface area contributed by atoms with Gasteiger partial charge in [-0.25, -0.2) is 4.98 Å². The van der Waals surface area contributed by atoms with Crippen LogP contribution in [0.5, 0.6) is 11.5 Å². The van der Waals surface area contributed by atoms with Crippen molar-refractivity contribution in [3.05, 3.63) is 58.9 Å². The number of benzene rings is 2. The van der Waals surface area contributed by atoms with E-state index in [0.717, 1.165) is 11.3 Å². The van der Waals surface area contributed by atoms with Crippen LogP contribution in [0, 0.1) is 0 Å². The van der Waals surface area contributed by atoms with E-state index in [2.05, 4.69) is 10.3 Å². The topological polar surface area (TPSA) is 60.5 Å². The maximum atomic E-state index is 12.4. The van der Waals surface area contributed by atoms with E-state index in [4.69, 9.17) is 21.1 Å². The number of aromatic nitrogens is 1. The largest absolute Gasteiger partial charge is 0.485 e. The van der Waals surface area contributed by atoms with Gasteiger partial charge in [-0.3, -0.25) is 10.1 Å². The molecule has 1 aliphatic heterocycles. The number of rotatable bonds is 3. The fourth-order valence-electron chi connectivity index (χ4n) is 2.42. The Balaban J connectivity index is 1.44. The van der Waals surface area contributed by atoms with Gasteiger partial charge in [0.25, 0.3) is 5.91 Å². The summed E-state index contributed by atoms with van der Waals surface area (Å²) in [4.78, 5) is 16.8. The highest BCUT2D eigenvalue weighted by molar-refractivity contribution is 7.14. The minimum Gasteiger partial charge on any atom is -0.485 e. The Labute approximate surface area is 153 Å². The molecular weight excluding hydrogens is 360 g/mol. The van der Waals surface area contributed by atoms with Crippen molar-refractivity contribution >= 4 is 34.0 Å². The minimum atomic E-state index is -0.710. The van der Waals surface area contributed by atoms with Crippen molar-refractivity contribution in [2.45, 2.75) is 6.10 Å². The third kappa shape index (κ3) is 3.45. The summed E-state index contributed by atoms with van der Waals surface area (Å²) in [5, 5.41) is 5.84. The molecule has 0 bridgehead atoms. The van der Waals surface area contributed by atoms with Gasteiger partial charge in [-0.15, -0.1) is 11.3 Å². The normalized spacial score (nSPS) is 15.6. The Morgan fingerprint density at radius 2 is 1.92 bits per heavy atom. The smallest absolute Gasteiger partial charge is 0.270 e. The molecule has 3 aromatic rings. The second-order valence-corrected chi connectivity index (χ2v) is 6.69. The van der Waals surface area contributed by atoms with Gasteiger partial charge in [0.15, 0.2) is 16.6 Å². The molecule has 0 spiro atoms. The summed E-state index contributed by atoms with van der Waals surface area (Å²) in [6.07, 6.45) is -0.710. The van der Waals surface area contributed by atoms with Crippen LogP contribution in [-0.4, -0.2) is 23.6 Å². The highest BCUT2D eigenvalue weighted by atomic mass is 35.5. The minimum absolute atomic E-state index is 0.165. The van der Waals surface area contributed by atoms with Crippen LogP contribution in [0.25, 0.3) is 11.3 Å². The van der Waals surface area contributed by atoms with Crippen LogP contribution in [0.1, 0.15) is 0 Å². The number of thiazole rings is 1. The van der Waals surface area contributed by atoms with Crippen LogP contribution in [0.4, 0.5) is 5.13 Å². The zero-order chi connectivity index (χ0) is 17.2. The number of carbonyl (C=O) groups is 1. The zero-order valence-corrected chi connectivity index (χ0v) is 14.5. The van der Waals surface area contributed by atoms with Gasteiger partial charge >= 0.3 is 0 Å². The molecule has 1 unspecified atom stereocenters. The van der Waals surface area contributed by atoms with Crippen LogP contribution in [0.15, 0.2) is 53.9 Å². The van der Waals surface area contributed by atoms with Crippen LogP contribution >= 0.6 is 22.9 Å². The molecular formula is C18H13ClN2O3S. The molecule has 1 amide bonds. The van der Waals surface area contributed by atoms with Crippen molar-refractivity contribution < 1.29 is 14.3 Å². The Morgan fingerprint density at radius 3 is 2.72 bits per heavy atom. The first-order valence-corrected chi connectivity index (χ1v) is 8.85. The van der Waals surface area contributed by atoms with E-state index in [1.54, 1.807) is 18.2 Å². The number of nitrogens with one attached hydrogen (secondary N) is 1. The Hall–Kier alpha value is -2.57. The van der Waals surface area contributed by atoms with Crippen molar-refractivity contribution in [2.24, 2.45) is 0 Å². The highest BCUT2D eigenvalue weighted by Crippen LogP contribution is 2.31. The second kappa shape index (κ2) is 6.74. The number of hydrogen-bond acceptors (Lipinski definition) is 5. The first-order chi connectivity index (χ1) is 12.2. The molecule has 4 rings (SSSR count). The molecule has 5 nitrogen and oxygen atoms in total. The van der Waals surface area contributed by atoms with E-state index in [9.17, 15) is 4.79 Å². The quantitative estimate of drug-likeness (QED) is 0.747. The lowest BCUT2D eigenvalue weighted by Gasteiger charge is -2.25. The van der Waals surface area contributed by atoms with E-state index >= 15 is 0 Å². The Bertz CT molecular complexity index is 911. The first-order valence-electron chi connectivity index (χ1n) is 7.60. The van der Waals surface area contributed by atoms with Crippen LogP contribution in [0.2, 0.25) is 5.02 Å². The maximum Gasteiger partial charge on any atom is 0.270 e. The van der Waals surface area contributed by atoms with Crippen LogP contribution in [-0.2, 0) is 4.79 Å². The average Bonchev–Trinajstić information content (AvgIpc) is 3.10. The van der Waals surface area contributed by atoms with Gasteiger partial charge < -0.3 is 9.47 Å². The molecule has 0 saturated carbocycles. The predicted octanol–water partition coefficient (Wildman–Crippen LogP) is 4.24. The summed E-state index contributed by atoms with van der Waals surface area (Å²) < 4.78 is 11.3. The van der Waals surface area contributed by atoms with Gasteiger partial charge in [0, 0.05) is 16.0 Å². The van der Waals surface area contributed by atoms with Gasteiger partial charge in [-0.05, 0) is 24.3 Å². The van der Waals surface area contributed by atoms with E-state index in [1.807, 2.05) is 35.7 Å². The maximum absolute atomic E-state index is 12.4. The number of hydrogen-bond donors (Lipinski definition) is 1. The second-order valence-electron chi connectivity index (χ2n) is 5.40. The predicted molar refractivity (Wildman–Crippen MR) is 97.5 cm³/mol. The molecule has 0 fully saturated rings. The highest BCUT2D eigenvalue weighted by Gasteiger charge is 2.27. The van der Waals surface area contributed by atoms with Crippen molar-refractivity contribution in [1.29, 1.82) is 0 Å². The number of carbonyl (C=O) groups excluding carboxylic acids is 1. The van der Waals surface area contributed by atoms with Crippen molar-refractivity contribution in [3.8, 4) is 22.8 Å². The number of ether oxygens (including phenoxy) is 2. The summed E-state index contributed by atoms with van der Waals surface area (Å²) in [5.74, 6) is 0.923. The molecule has 2 aromatic carbocycles. The summed E-state index contributed by atoms with van der Waals surface area (Å²) in [6.45, 7) is 0.165. The number of fused-ring (bicyclic) bond motifs is 1. The fraction of sp³-hybridized carbons (Fsp3) is 0.111. The van der Waals surface area contributed by atoms with Crippen molar-refractivity contribution in [2.75, 3.05) is 11.9 Å². The standard InChI is InChI=1S/C18H13ClN2O3S/c19-12-7-5-11(6-8-12)13-10-25-18(20-13)21-17(22)16-9-23-14-3-1-2-4-15(14)24-16/h1-8,10,16H,9H2,(H,20,21,22). The number of amides is 1. The zero-order valence-electron chi connectivity index (χ0n) is 12.9.